The molecule has 0 saturated heterocycles. The molecule has 3 rings (SSSR count). The maximum absolute atomic E-state index is 12.7. The average Bonchev–Trinajstić information content (AvgIpc) is 3.07. The number of H-pyrrole nitrogens is 1. The zero-order valence-electron chi connectivity index (χ0n) is 13.8. The van der Waals surface area contributed by atoms with Crippen LogP contribution in [-0.2, 0) is 30.6 Å². The van der Waals surface area contributed by atoms with Crippen molar-refractivity contribution in [1.29, 1.82) is 0 Å². The first-order valence-electron chi connectivity index (χ1n) is 7.83. The minimum atomic E-state index is 0.194. The first-order valence-corrected chi connectivity index (χ1v) is 10.0. The summed E-state index contributed by atoms with van der Waals surface area (Å²) in [5.74, 6) is 1.25. The molecule has 0 unspecified atom stereocenters. The second-order valence-electron chi connectivity index (χ2n) is 5.85. The molecule has 0 aliphatic carbocycles. The zero-order valence-corrected chi connectivity index (χ0v) is 15.4. The third-order valence-corrected chi connectivity index (χ3v) is 5.91. The van der Waals surface area contributed by atoms with E-state index in [0.29, 0.717) is 13.0 Å². The lowest BCUT2D eigenvalue weighted by molar-refractivity contribution is -0.131. The molecule has 0 atom stereocenters. The van der Waals surface area contributed by atoms with Gasteiger partial charge in [0.15, 0.2) is 0 Å². The lowest BCUT2D eigenvalue weighted by Crippen LogP contribution is -2.37. The van der Waals surface area contributed by atoms with E-state index in [-0.39, 0.29) is 5.91 Å². The maximum Gasteiger partial charge on any atom is 0.228 e. The normalized spacial score (nSPS) is 14.1. The minimum Gasteiger partial charge on any atom is -0.338 e. The van der Waals surface area contributed by atoms with Gasteiger partial charge < -0.3 is 4.90 Å². The van der Waals surface area contributed by atoms with E-state index in [2.05, 4.69) is 21.4 Å². The summed E-state index contributed by atoms with van der Waals surface area (Å²) in [7, 11) is 0. The SMILES string of the molecule is CSCCc1n[nH]c2c1CN(C(=O)Cc1sc(C)nc1C)CC2. The fourth-order valence-electron chi connectivity index (χ4n) is 2.96. The highest BCUT2D eigenvalue weighted by Gasteiger charge is 2.25. The molecular formula is C16H22N4OS2. The van der Waals surface area contributed by atoms with Gasteiger partial charge in [-0.3, -0.25) is 9.89 Å². The summed E-state index contributed by atoms with van der Waals surface area (Å²) < 4.78 is 0. The highest BCUT2D eigenvalue weighted by atomic mass is 32.2. The molecule has 0 fully saturated rings. The highest BCUT2D eigenvalue weighted by molar-refractivity contribution is 7.98. The molecule has 0 aromatic carbocycles. The Balaban J connectivity index is 1.69. The second kappa shape index (κ2) is 7.05. The van der Waals surface area contributed by atoms with Gasteiger partial charge in [0, 0.05) is 42.1 Å². The van der Waals surface area contributed by atoms with E-state index in [1.165, 1.54) is 11.3 Å². The fourth-order valence-corrected chi connectivity index (χ4v) is 4.28. The number of aromatic nitrogens is 3. The van der Waals surface area contributed by atoms with Crippen molar-refractivity contribution in [3.63, 3.8) is 0 Å². The number of nitrogens with one attached hydrogen (secondary N) is 1. The quantitative estimate of drug-likeness (QED) is 0.900. The van der Waals surface area contributed by atoms with Crippen LogP contribution in [0, 0.1) is 13.8 Å². The molecule has 0 saturated carbocycles. The van der Waals surface area contributed by atoms with Gasteiger partial charge in [0.2, 0.25) is 5.91 Å². The van der Waals surface area contributed by atoms with Crippen molar-refractivity contribution in [2.24, 2.45) is 0 Å². The summed E-state index contributed by atoms with van der Waals surface area (Å²) in [6.45, 7) is 5.43. The van der Waals surface area contributed by atoms with Gasteiger partial charge in [0.05, 0.1) is 22.8 Å². The van der Waals surface area contributed by atoms with E-state index < -0.39 is 0 Å². The molecular weight excluding hydrogens is 328 g/mol. The zero-order chi connectivity index (χ0) is 16.4. The molecule has 0 radical (unpaired) electrons. The molecule has 5 nitrogen and oxygen atoms in total. The molecule has 1 aliphatic heterocycles. The summed E-state index contributed by atoms with van der Waals surface area (Å²) in [4.78, 5) is 20.1. The number of thioether (sulfide) groups is 1. The predicted octanol–water partition coefficient (Wildman–Crippen LogP) is 2.52. The van der Waals surface area contributed by atoms with E-state index in [4.69, 9.17) is 0 Å². The molecule has 3 heterocycles. The summed E-state index contributed by atoms with van der Waals surface area (Å²) in [5, 5.41) is 8.63. The van der Waals surface area contributed by atoms with Crippen LogP contribution in [0.4, 0.5) is 0 Å². The molecule has 2 aromatic rings. The second-order valence-corrected chi connectivity index (χ2v) is 8.13. The summed E-state index contributed by atoms with van der Waals surface area (Å²) in [6, 6.07) is 0. The van der Waals surface area contributed by atoms with E-state index >= 15 is 0 Å². The van der Waals surface area contributed by atoms with Crippen LogP contribution >= 0.6 is 23.1 Å². The van der Waals surface area contributed by atoms with Gasteiger partial charge in [0.1, 0.15) is 0 Å². The fraction of sp³-hybridized carbons (Fsp3) is 0.562. The first kappa shape index (κ1) is 16.5. The lowest BCUT2D eigenvalue weighted by atomic mass is 10.0. The summed E-state index contributed by atoms with van der Waals surface area (Å²) in [5.41, 5.74) is 4.55. The van der Waals surface area contributed by atoms with Crippen LogP contribution in [0.5, 0.6) is 0 Å². The van der Waals surface area contributed by atoms with Crippen molar-refractivity contribution in [3.05, 3.63) is 32.5 Å². The Morgan fingerprint density at radius 3 is 2.96 bits per heavy atom. The van der Waals surface area contributed by atoms with Crippen LogP contribution < -0.4 is 0 Å². The van der Waals surface area contributed by atoms with E-state index in [1.54, 1.807) is 11.3 Å². The largest absolute Gasteiger partial charge is 0.338 e. The number of hydrogen-bond acceptors (Lipinski definition) is 5. The Kier molecular flexibility index (Phi) is 5.06. The smallest absolute Gasteiger partial charge is 0.228 e. The number of aromatic amines is 1. The van der Waals surface area contributed by atoms with Gasteiger partial charge in [-0.15, -0.1) is 11.3 Å². The number of amides is 1. The van der Waals surface area contributed by atoms with Gasteiger partial charge in [-0.1, -0.05) is 0 Å². The summed E-state index contributed by atoms with van der Waals surface area (Å²) in [6.07, 6.45) is 4.40. The Hall–Kier alpha value is -1.34. The molecule has 7 heteroatoms. The molecule has 0 spiro atoms. The van der Waals surface area contributed by atoms with Gasteiger partial charge >= 0.3 is 0 Å². The number of carbonyl (C=O) groups excluding carboxylic acids is 1. The van der Waals surface area contributed by atoms with Gasteiger partial charge in [0.25, 0.3) is 0 Å². The molecule has 124 valence electrons. The molecule has 1 amide bonds. The van der Waals surface area contributed by atoms with Crippen LogP contribution in [-0.4, -0.2) is 44.5 Å². The van der Waals surface area contributed by atoms with Crippen molar-refractivity contribution in [2.45, 2.75) is 39.7 Å². The van der Waals surface area contributed by atoms with Crippen molar-refractivity contribution >= 4 is 29.0 Å². The molecule has 1 aliphatic rings. The van der Waals surface area contributed by atoms with Crippen molar-refractivity contribution in [3.8, 4) is 0 Å². The van der Waals surface area contributed by atoms with E-state index in [1.807, 2.05) is 30.5 Å². The third kappa shape index (κ3) is 3.61. The van der Waals surface area contributed by atoms with Crippen LogP contribution in [0.1, 0.15) is 32.5 Å². The Labute approximate surface area is 144 Å². The number of nitrogens with zero attached hydrogens (tertiary/aromatic N) is 3. The third-order valence-electron chi connectivity index (χ3n) is 4.23. The maximum atomic E-state index is 12.7. The lowest BCUT2D eigenvalue weighted by Gasteiger charge is -2.27. The summed E-state index contributed by atoms with van der Waals surface area (Å²) >= 11 is 3.45. The van der Waals surface area contributed by atoms with Crippen LogP contribution in [0.2, 0.25) is 0 Å². The van der Waals surface area contributed by atoms with Crippen LogP contribution in [0.3, 0.4) is 0 Å². The Morgan fingerprint density at radius 1 is 1.43 bits per heavy atom. The molecule has 2 aromatic heterocycles. The minimum absolute atomic E-state index is 0.194. The number of aryl methyl sites for hydroxylation is 3. The monoisotopic (exact) mass is 350 g/mol. The predicted molar refractivity (Wildman–Crippen MR) is 95.1 cm³/mol. The van der Waals surface area contributed by atoms with E-state index in [9.17, 15) is 4.79 Å². The molecule has 0 bridgehead atoms. The standard InChI is InChI=1S/C16H22N4OS2/c1-10-15(23-11(2)17-10)8-16(21)20-6-4-13-12(9-20)14(19-18-13)5-7-22-3/h4-9H2,1-3H3,(H,18,19). The van der Waals surface area contributed by atoms with Crippen LogP contribution in [0.15, 0.2) is 0 Å². The van der Waals surface area contributed by atoms with Crippen LogP contribution in [0.25, 0.3) is 0 Å². The molecule has 23 heavy (non-hydrogen) atoms. The molecule has 1 N–H and O–H groups in total. The van der Waals surface area contributed by atoms with Crippen molar-refractivity contribution in [1.82, 2.24) is 20.1 Å². The highest BCUT2D eigenvalue weighted by Crippen LogP contribution is 2.24. The van der Waals surface area contributed by atoms with Gasteiger partial charge in [-0.05, 0) is 25.9 Å². The number of thiazole rings is 1. The topological polar surface area (TPSA) is 61.9 Å². The number of fused-ring (bicyclic) bond motifs is 1. The van der Waals surface area contributed by atoms with E-state index in [0.717, 1.165) is 46.4 Å². The van der Waals surface area contributed by atoms with Crippen molar-refractivity contribution in [2.75, 3.05) is 18.6 Å². The first-order chi connectivity index (χ1) is 11.1. The Morgan fingerprint density at radius 2 is 2.26 bits per heavy atom. The number of hydrogen-bond donors (Lipinski definition) is 1. The van der Waals surface area contributed by atoms with Gasteiger partial charge in [-0.25, -0.2) is 4.98 Å². The average molecular weight is 351 g/mol. The van der Waals surface area contributed by atoms with Crippen molar-refractivity contribution < 1.29 is 4.79 Å². The number of carbonyl (C=O) groups is 1. The number of rotatable bonds is 5. The Bertz CT molecular complexity index is 707. The van der Waals surface area contributed by atoms with Gasteiger partial charge in [-0.2, -0.15) is 16.9 Å².